The molecule has 5 heteroatoms. The van der Waals surface area contributed by atoms with E-state index in [1.165, 1.54) is 7.11 Å². The van der Waals surface area contributed by atoms with Gasteiger partial charge in [0.1, 0.15) is 0 Å². The number of nitrogens with one attached hydrogen (secondary N) is 1. The highest BCUT2D eigenvalue weighted by molar-refractivity contribution is 5.95. The van der Waals surface area contributed by atoms with Crippen molar-refractivity contribution in [1.82, 2.24) is 10.3 Å². The van der Waals surface area contributed by atoms with Gasteiger partial charge in [-0.1, -0.05) is 0 Å². The minimum Gasteiger partial charge on any atom is -0.389 e. The molecule has 0 fully saturated rings. The predicted molar refractivity (Wildman–Crippen MR) is 59.2 cm³/mol. The first-order chi connectivity index (χ1) is 7.65. The summed E-state index contributed by atoms with van der Waals surface area (Å²) < 4.78 is 4.75. The van der Waals surface area contributed by atoms with Crippen molar-refractivity contribution in [2.24, 2.45) is 0 Å². The Balaban J connectivity index is 2.50. The fourth-order valence-corrected chi connectivity index (χ4v) is 1.28. The lowest BCUT2D eigenvalue weighted by molar-refractivity contribution is 0.0609. The van der Waals surface area contributed by atoms with Gasteiger partial charge in [-0.05, 0) is 19.1 Å². The Bertz CT molecular complexity index is 355. The Morgan fingerprint density at radius 2 is 2.44 bits per heavy atom. The van der Waals surface area contributed by atoms with Gasteiger partial charge >= 0.3 is 0 Å². The van der Waals surface area contributed by atoms with Crippen LogP contribution in [0.15, 0.2) is 18.3 Å². The van der Waals surface area contributed by atoms with E-state index in [-0.39, 0.29) is 19.1 Å². The molecule has 0 saturated carbocycles. The summed E-state index contributed by atoms with van der Waals surface area (Å²) in [6, 6.07) is 3.40. The highest BCUT2D eigenvalue weighted by Crippen LogP contribution is 2.02. The van der Waals surface area contributed by atoms with Crippen LogP contribution in [0.5, 0.6) is 0 Å². The SMILES string of the molecule is COCC(O)CNC(=O)c1cccnc1C. The molecule has 0 aliphatic rings. The van der Waals surface area contributed by atoms with E-state index in [0.717, 1.165) is 0 Å². The first kappa shape index (κ1) is 12.6. The Labute approximate surface area is 94.5 Å². The van der Waals surface area contributed by atoms with Crippen molar-refractivity contribution in [2.75, 3.05) is 20.3 Å². The summed E-state index contributed by atoms with van der Waals surface area (Å²) in [6.07, 6.45) is 0.942. The highest BCUT2D eigenvalue weighted by atomic mass is 16.5. The molecule has 1 rings (SSSR count). The maximum Gasteiger partial charge on any atom is 0.253 e. The number of hydrogen-bond acceptors (Lipinski definition) is 4. The summed E-state index contributed by atoms with van der Waals surface area (Å²) in [5, 5.41) is 12.0. The Hall–Kier alpha value is -1.46. The zero-order valence-corrected chi connectivity index (χ0v) is 9.43. The van der Waals surface area contributed by atoms with Gasteiger partial charge in [0.2, 0.25) is 0 Å². The van der Waals surface area contributed by atoms with Gasteiger partial charge in [0.05, 0.1) is 18.3 Å². The number of aliphatic hydroxyl groups is 1. The van der Waals surface area contributed by atoms with E-state index >= 15 is 0 Å². The number of amides is 1. The second kappa shape index (κ2) is 6.19. The molecule has 0 aliphatic carbocycles. The lowest BCUT2D eigenvalue weighted by atomic mass is 10.2. The van der Waals surface area contributed by atoms with Crippen molar-refractivity contribution in [1.29, 1.82) is 0 Å². The maximum absolute atomic E-state index is 11.7. The first-order valence-corrected chi connectivity index (χ1v) is 5.02. The Kier molecular flexibility index (Phi) is 4.88. The molecule has 1 aromatic rings. The van der Waals surface area contributed by atoms with Crippen LogP contribution in [0.3, 0.4) is 0 Å². The average Bonchev–Trinajstić information content (AvgIpc) is 2.27. The van der Waals surface area contributed by atoms with Crippen LogP contribution in [0.25, 0.3) is 0 Å². The van der Waals surface area contributed by atoms with E-state index in [2.05, 4.69) is 10.3 Å². The molecule has 0 spiro atoms. The van der Waals surface area contributed by atoms with Crippen LogP contribution in [0.4, 0.5) is 0 Å². The number of aromatic nitrogens is 1. The topological polar surface area (TPSA) is 71.5 Å². The number of ether oxygens (including phenoxy) is 1. The molecule has 0 saturated heterocycles. The molecular weight excluding hydrogens is 208 g/mol. The molecule has 1 aromatic heterocycles. The standard InChI is InChI=1S/C11H16N2O3/c1-8-10(4-3-5-12-8)11(15)13-6-9(14)7-16-2/h3-5,9,14H,6-7H2,1-2H3,(H,13,15). The number of nitrogens with zero attached hydrogens (tertiary/aromatic N) is 1. The van der Waals surface area contributed by atoms with Crippen molar-refractivity contribution in [3.63, 3.8) is 0 Å². The lowest BCUT2D eigenvalue weighted by Crippen LogP contribution is -2.34. The van der Waals surface area contributed by atoms with E-state index in [9.17, 15) is 9.90 Å². The van der Waals surface area contributed by atoms with Gasteiger partial charge in [0.25, 0.3) is 5.91 Å². The monoisotopic (exact) mass is 224 g/mol. The molecule has 1 unspecified atom stereocenters. The number of methoxy groups -OCH3 is 1. The minimum atomic E-state index is -0.689. The molecule has 2 N–H and O–H groups in total. The largest absolute Gasteiger partial charge is 0.389 e. The molecule has 1 heterocycles. The van der Waals surface area contributed by atoms with Gasteiger partial charge in [-0.15, -0.1) is 0 Å². The fraction of sp³-hybridized carbons (Fsp3) is 0.455. The van der Waals surface area contributed by atoms with Gasteiger partial charge in [-0.2, -0.15) is 0 Å². The van der Waals surface area contributed by atoms with Crippen LogP contribution < -0.4 is 5.32 Å². The van der Waals surface area contributed by atoms with Gasteiger partial charge in [0, 0.05) is 25.5 Å². The predicted octanol–water partition coefficient (Wildman–Crippen LogP) is 0.127. The Morgan fingerprint density at radius 1 is 1.69 bits per heavy atom. The van der Waals surface area contributed by atoms with E-state index in [1.54, 1.807) is 25.3 Å². The zero-order chi connectivity index (χ0) is 12.0. The number of carbonyl (C=O) groups is 1. The molecule has 0 aromatic carbocycles. The molecule has 88 valence electrons. The van der Waals surface area contributed by atoms with E-state index < -0.39 is 6.10 Å². The molecule has 0 radical (unpaired) electrons. The average molecular weight is 224 g/mol. The number of rotatable bonds is 5. The summed E-state index contributed by atoms with van der Waals surface area (Å²) in [5.74, 6) is -0.235. The van der Waals surface area contributed by atoms with Crippen LogP contribution >= 0.6 is 0 Å². The smallest absolute Gasteiger partial charge is 0.253 e. The molecule has 0 bridgehead atoms. The molecule has 16 heavy (non-hydrogen) atoms. The molecule has 0 aliphatic heterocycles. The van der Waals surface area contributed by atoms with Gasteiger partial charge < -0.3 is 15.2 Å². The third kappa shape index (κ3) is 3.60. The summed E-state index contributed by atoms with van der Waals surface area (Å²) in [4.78, 5) is 15.7. The summed E-state index contributed by atoms with van der Waals surface area (Å²) in [6.45, 7) is 2.13. The van der Waals surface area contributed by atoms with Crippen LogP contribution in [-0.4, -0.2) is 42.4 Å². The van der Waals surface area contributed by atoms with Gasteiger partial charge in [-0.25, -0.2) is 0 Å². The van der Waals surface area contributed by atoms with Crippen molar-refractivity contribution in [3.05, 3.63) is 29.6 Å². The fourth-order valence-electron chi connectivity index (χ4n) is 1.28. The quantitative estimate of drug-likeness (QED) is 0.745. The Morgan fingerprint density at radius 3 is 3.06 bits per heavy atom. The van der Waals surface area contributed by atoms with Crippen LogP contribution in [-0.2, 0) is 4.74 Å². The summed E-state index contributed by atoms with van der Waals surface area (Å²) in [5.41, 5.74) is 1.19. The van der Waals surface area contributed by atoms with Gasteiger partial charge in [-0.3, -0.25) is 9.78 Å². The summed E-state index contributed by atoms with van der Waals surface area (Å²) >= 11 is 0. The molecule has 1 amide bonds. The third-order valence-corrected chi connectivity index (χ3v) is 2.11. The third-order valence-electron chi connectivity index (χ3n) is 2.11. The highest BCUT2D eigenvalue weighted by Gasteiger charge is 2.10. The van der Waals surface area contributed by atoms with Crippen LogP contribution in [0.2, 0.25) is 0 Å². The molecule has 1 atom stereocenters. The zero-order valence-electron chi connectivity index (χ0n) is 9.43. The van der Waals surface area contributed by atoms with Crippen LogP contribution in [0.1, 0.15) is 16.1 Å². The summed E-state index contributed by atoms with van der Waals surface area (Å²) in [7, 11) is 1.50. The van der Waals surface area contributed by atoms with E-state index in [0.29, 0.717) is 11.3 Å². The van der Waals surface area contributed by atoms with Gasteiger partial charge in [0.15, 0.2) is 0 Å². The number of carbonyl (C=O) groups excluding carboxylic acids is 1. The van der Waals surface area contributed by atoms with Crippen molar-refractivity contribution < 1.29 is 14.6 Å². The number of aliphatic hydroxyl groups excluding tert-OH is 1. The normalized spacial score (nSPS) is 12.2. The second-order valence-corrected chi connectivity index (χ2v) is 3.46. The van der Waals surface area contributed by atoms with E-state index in [4.69, 9.17) is 4.74 Å². The number of aryl methyl sites for hydroxylation is 1. The number of pyridine rings is 1. The van der Waals surface area contributed by atoms with E-state index in [1.807, 2.05) is 0 Å². The van der Waals surface area contributed by atoms with Crippen LogP contribution in [0, 0.1) is 6.92 Å². The number of hydrogen-bond donors (Lipinski definition) is 2. The maximum atomic E-state index is 11.7. The molecule has 5 nitrogen and oxygen atoms in total. The van der Waals surface area contributed by atoms with Crippen molar-refractivity contribution >= 4 is 5.91 Å². The van der Waals surface area contributed by atoms with Crippen molar-refractivity contribution in [2.45, 2.75) is 13.0 Å². The first-order valence-electron chi connectivity index (χ1n) is 5.02. The second-order valence-electron chi connectivity index (χ2n) is 3.46. The molecular formula is C11H16N2O3. The van der Waals surface area contributed by atoms with Crippen molar-refractivity contribution in [3.8, 4) is 0 Å². The minimum absolute atomic E-state index is 0.168. The lowest BCUT2D eigenvalue weighted by Gasteiger charge is -2.11.